The van der Waals surface area contributed by atoms with Gasteiger partial charge in [0.15, 0.2) is 19.2 Å². The van der Waals surface area contributed by atoms with Crippen LogP contribution in [-0.4, -0.2) is 43.4 Å². The number of nitrogens with zero attached hydrogens (tertiary/aromatic N) is 5. The van der Waals surface area contributed by atoms with Crippen LogP contribution in [0.5, 0.6) is 0 Å². The van der Waals surface area contributed by atoms with Gasteiger partial charge in [-0.05, 0) is 31.5 Å². The fourth-order valence-electron chi connectivity index (χ4n) is 3.06. The highest BCUT2D eigenvalue weighted by Crippen LogP contribution is 2.18. The molecule has 10 heteroatoms. The summed E-state index contributed by atoms with van der Waals surface area (Å²) in [6.45, 7) is 1.26. The molecule has 2 rings (SSSR count). The number of hydrogen-bond acceptors (Lipinski definition) is 7. The number of benzene rings is 1. The summed E-state index contributed by atoms with van der Waals surface area (Å²) in [4.78, 5) is 31.6. The van der Waals surface area contributed by atoms with Crippen molar-refractivity contribution >= 4 is 31.3 Å². The zero-order valence-corrected chi connectivity index (χ0v) is 16.1. The Bertz CT molecular complexity index is 1060. The van der Waals surface area contributed by atoms with Crippen LogP contribution in [0.2, 0.25) is 0 Å². The third kappa shape index (κ3) is 5.06. The Morgan fingerprint density at radius 1 is 1.24 bits per heavy atom. The van der Waals surface area contributed by atoms with Gasteiger partial charge in [-0.25, -0.2) is 4.98 Å². The van der Waals surface area contributed by atoms with Gasteiger partial charge in [0.05, 0.1) is 22.2 Å². The third-order valence-corrected chi connectivity index (χ3v) is 4.42. The molecule has 0 aliphatic rings. The Labute approximate surface area is 169 Å². The van der Waals surface area contributed by atoms with Crippen LogP contribution in [0.1, 0.15) is 47.3 Å². The molecule has 2 amide bonds. The van der Waals surface area contributed by atoms with Gasteiger partial charge < -0.3 is 9.79 Å². The molecule has 146 valence electrons. The number of fused-ring (bicyclic) bond motifs is 1. The summed E-state index contributed by atoms with van der Waals surface area (Å²) in [5, 5.41) is 23.3. The Kier molecular flexibility index (Phi) is 8.07. The van der Waals surface area contributed by atoms with E-state index in [4.69, 9.17) is 7.98 Å². The third-order valence-electron chi connectivity index (χ3n) is 4.42. The highest BCUT2D eigenvalue weighted by molar-refractivity contribution is 6.04. The van der Waals surface area contributed by atoms with Crippen LogP contribution in [0.3, 0.4) is 0 Å². The Balaban J connectivity index is 2.59. The molecule has 0 aliphatic carbocycles. The molecule has 2 aromatic rings. The fourth-order valence-corrected chi connectivity index (χ4v) is 3.06. The molecule has 0 unspecified atom stereocenters. The molecule has 1 heterocycles. The van der Waals surface area contributed by atoms with E-state index in [2.05, 4.69) is 20.5 Å². The molecule has 1 aromatic carbocycles. The van der Waals surface area contributed by atoms with Crippen LogP contribution in [0, 0.1) is 22.7 Å². The molecule has 29 heavy (non-hydrogen) atoms. The van der Waals surface area contributed by atoms with E-state index in [9.17, 15) is 20.1 Å². The lowest BCUT2D eigenvalue weighted by molar-refractivity contribution is -0.108. The number of rotatable bonds is 9. The van der Waals surface area contributed by atoms with Crippen LogP contribution in [0.25, 0.3) is 11.0 Å². The molecule has 0 aliphatic heterocycles. The maximum absolute atomic E-state index is 12.3. The number of aromatic nitrogens is 2. The second kappa shape index (κ2) is 10.7. The van der Waals surface area contributed by atoms with Gasteiger partial charge in [0.2, 0.25) is 6.41 Å². The summed E-state index contributed by atoms with van der Waals surface area (Å²) in [5.41, 5.74) is 1.62. The first-order valence-electron chi connectivity index (χ1n) is 9.10. The van der Waals surface area contributed by atoms with Gasteiger partial charge in [0.25, 0.3) is 5.91 Å². The molecule has 0 saturated heterocycles. The van der Waals surface area contributed by atoms with Gasteiger partial charge in [-0.1, -0.05) is 12.8 Å². The molecule has 0 bridgehead atoms. The van der Waals surface area contributed by atoms with Crippen molar-refractivity contribution < 1.29 is 9.59 Å². The summed E-state index contributed by atoms with van der Waals surface area (Å²) in [5.74, 6) is -0.687. The highest BCUT2D eigenvalue weighted by Gasteiger charge is 2.17. The topological polar surface area (TPSA) is 136 Å². The molecule has 2 N–H and O–H groups in total. The lowest BCUT2D eigenvalue weighted by atomic mass is 10.1. The normalized spacial score (nSPS) is 11.1. The molecule has 0 fully saturated rings. The van der Waals surface area contributed by atoms with E-state index in [-0.39, 0.29) is 23.2 Å². The predicted octanol–water partition coefficient (Wildman–Crippen LogP) is 0.430. The summed E-state index contributed by atoms with van der Waals surface area (Å²) >= 11 is 0. The van der Waals surface area contributed by atoms with Crippen molar-refractivity contribution in [1.29, 1.82) is 10.5 Å². The molecular formula is C19H20BN7O2. The average Bonchev–Trinajstić information content (AvgIpc) is 2.74. The van der Waals surface area contributed by atoms with E-state index >= 15 is 0 Å². The van der Waals surface area contributed by atoms with Gasteiger partial charge >= 0.3 is 0 Å². The quantitative estimate of drug-likeness (QED) is 0.363. The number of carbonyl (C=O) groups excluding carboxylic acids is 2. The highest BCUT2D eigenvalue weighted by atomic mass is 16.2. The number of nitriles is 2. The molecular weight excluding hydrogens is 369 g/mol. The van der Waals surface area contributed by atoms with E-state index in [1.165, 1.54) is 13.1 Å². The van der Waals surface area contributed by atoms with Crippen molar-refractivity contribution in [2.75, 3.05) is 13.6 Å². The van der Waals surface area contributed by atoms with E-state index < -0.39 is 5.91 Å². The van der Waals surface area contributed by atoms with Crippen LogP contribution in [0.4, 0.5) is 0 Å². The first kappa shape index (κ1) is 21.8. The van der Waals surface area contributed by atoms with Crippen LogP contribution in [0.15, 0.2) is 17.1 Å². The number of imide groups is 1. The van der Waals surface area contributed by atoms with Crippen LogP contribution >= 0.6 is 0 Å². The SMILES string of the molecule is [B]NCCCCCCn1c(=NC)c(C(=O)NC=O)nc2cc(C#N)c(C#N)cc21. The lowest BCUT2D eigenvalue weighted by Gasteiger charge is -2.15. The summed E-state index contributed by atoms with van der Waals surface area (Å²) in [6, 6.07) is 7.02. The van der Waals surface area contributed by atoms with E-state index in [0.29, 0.717) is 23.1 Å². The van der Waals surface area contributed by atoms with Gasteiger partial charge in [-0.15, -0.1) is 0 Å². The Morgan fingerprint density at radius 2 is 1.93 bits per heavy atom. The maximum atomic E-state index is 12.3. The zero-order chi connectivity index (χ0) is 21.2. The van der Waals surface area contributed by atoms with Crippen molar-refractivity contribution in [1.82, 2.24) is 20.1 Å². The fraction of sp³-hybridized carbons (Fsp3) is 0.368. The largest absolute Gasteiger partial charge is 0.366 e. The van der Waals surface area contributed by atoms with Gasteiger partial charge in [-0.3, -0.25) is 19.9 Å². The second-order valence-electron chi connectivity index (χ2n) is 6.23. The van der Waals surface area contributed by atoms with Gasteiger partial charge in [0.1, 0.15) is 12.1 Å². The van der Waals surface area contributed by atoms with Crippen molar-refractivity contribution in [3.05, 3.63) is 34.4 Å². The molecule has 9 nitrogen and oxygen atoms in total. The van der Waals surface area contributed by atoms with Crippen molar-refractivity contribution in [3.63, 3.8) is 0 Å². The summed E-state index contributed by atoms with van der Waals surface area (Å²) < 4.78 is 1.80. The monoisotopic (exact) mass is 389 g/mol. The minimum absolute atomic E-state index is 0.0203. The smallest absolute Gasteiger partial charge is 0.280 e. The number of hydrogen-bond donors (Lipinski definition) is 2. The lowest BCUT2D eigenvalue weighted by Crippen LogP contribution is -2.35. The Morgan fingerprint density at radius 3 is 2.55 bits per heavy atom. The standard InChI is InChI=1S/C19H20BN7O2/c1-23-18-17(19(29)24-12-28)26-15-8-13(10-21)14(11-22)9-16(15)27(18)7-5-3-2-4-6-25-20/h8-9,12,25H,2-7H2,1H3,(H,24,28,29). The van der Waals surface area contributed by atoms with E-state index in [0.717, 1.165) is 32.2 Å². The average molecular weight is 389 g/mol. The van der Waals surface area contributed by atoms with Crippen molar-refractivity contribution in [3.8, 4) is 12.1 Å². The number of amides is 2. The van der Waals surface area contributed by atoms with E-state index in [1.807, 2.05) is 12.1 Å². The second-order valence-corrected chi connectivity index (χ2v) is 6.23. The zero-order valence-electron chi connectivity index (χ0n) is 16.1. The molecule has 0 saturated carbocycles. The molecule has 0 spiro atoms. The van der Waals surface area contributed by atoms with Gasteiger partial charge in [-0.2, -0.15) is 10.5 Å². The number of aryl methyl sites for hydroxylation is 1. The minimum Gasteiger partial charge on any atom is -0.366 e. The predicted molar refractivity (Wildman–Crippen MR) is 106 cm³/mol. The van der Waals surface area contributed by atoms with E-state index in [1.54, 1.807) is 10.6 Å². The first-order valence-corrected chi connectivity index (χ1v) is 9.10. The van der Waals surface area contributed by atoms with Gasteiger partial charge in [0, 0.05) is 13.6 Å². The van der Waals surface area contributed by atoms with Crippen LogP contribution in [-0.2, 0) is 11.3 Å². The number of unbranched alkanes of at least 4 members (excludes halogenated alkanes) is 3. The van der Waals surface area contributed by atoms with Crippen molar-refractivity contribution in [2.24, 2.45) is 4.99 Å². The molecule has 2 radical (unpaired) electrons. The summed E-state index contributed by atoms with van der Waals surface area (Å²) in [7, 11) is 6.80. The number of nitrogens with one attached hydrogen (secondary N) is 2. The summed E-state index contributed by atoms with van der Waals surface area (Å²) in [6.07, 6.45) is 3.93. The molecule has 0 atom stereocenters. The first-order chi connectivity index (χ1) is 14.1. The van der Waals surface area contributed by atoms with Crippen molar-refractivity contribution in [2.45, 2.75) is 32.2 Å². The molecule has 1 aromatic heterocycles. The Hall–Kier alpha value is -3.50. The minimum atomic E-state index is -0.687. The maximum Gasteiger partial charge on any atom is 0.280 e. The van der Waals surface area contributed by atoms with Crippen LogP contribution < -0.4 is 16.0 Å². The number of carbonyl (C=O) groups is 2.